The molecule has 0 aliphatic heterocycles. The molecule has 0 saturated heterocycles. The Hall–Kier alpha value is -1.67. The molecule has 2 N–H and O–H groups in total. The van der Waals surface area contributed by atoms with Crippen LogP contribution in [-0.2, 0) is 0 Å². The largest absolute Gasteiger partial charge is 0.573 e. The summed E-state index contributed by atoms with van der Waals surface area (Å²) >= 11 is 0.939. The first-order valence-electron chi connectivity index (χ1n) is 4.85. The van der Waals surface area contributed by atoms with Crippen molar-refractivity contribution in [3.05, 3.63) is 41.7 Å². The molecule has 0 amide bonds. The predicted octanol–water partition coefficient (Wildman–Crippen LogP) is 2.48. The van der Waals surface area contributed by atoms with Crippen LogP contribution in [0.4, 0.5) is 13.2 Å². The lowest BCUT2D eigenvalue weighted by molar-refractivity contribution is -0.274. The fourth-order valence-electron chi connectivity index (χ4n) is 1.42. The van der Waals surface area contributed by atoms with Crippen molar-refractivity contribution in [2.24, 2.45) is 5.73 Å². The van der Waals surface area contributed by atoms with Gasteiger partial charge in [0.1, 0.15) is 5.75 Å². The van der Waals surface area contributed by atoms with E-state index in [0.29, 0.717) is 5.69 Å². The Morgan fingerprint density at radius 1 is 1.28 bits per heavy atom. The molecule has 0 radical (unpaired) electrons. The highest BCUT2D eigenvalue weighted by atomic mass is 32.1. The van der Waals surface area contributed by atoms with Gasteiger partial charge in [-0.3, -0.25) is 0 Å². The van der Waals surface area contributed by atoms with Crippen LogP contribution in [0.2, 0.25) is 0 Å². The molecule has 1 unspecified atom stereocenters. The molecule has 1 heterocycles. The maximum absolute atomic E-state index is 12.2. The molecule has 1 aromatic carbocycles. The highest BCUT2D eigenvalue weighted by Gasteiger charge is 2.32. The van der Waals surface area contributed by atoms with E-state index in [-0.39, 0.29) is 11.3 Å². The summed E-state index contributed by atoms with van der Waals surface area (Å²) in [6.07, 6.45) is -3.34. The number of nitrogens with zero attached hydrogens (tertiary/aromatic N) is 2. The predicted molar refractivity (Wildman–Crippen MR) is 59.1 cm³/mol. The maximum Gasteiger partial charge on any atom is 0.573 e. The summed E-state index contributed by atoms with van der Waals surface area (Å²) in [5.41, 5.74) is 6.45. The summed E-state index contributed by atoms with van der Waals surface area (Å²) in [4.78, 5) is 0. The lowest BCUT2D eigenvalue weighted by atomic mass is 10.0. The summed E-state index contributed by atoms with van der Waals surface area (Å²) in [7, 11) is 0. The molecule has 0 aliphatic rings. The van der Waals surface area contributed by atoms with E-state index in [1.807, 2.05) is 0 Å². The van der Waals surface area contributed by atoms with Crippen LogP contribution in [0.5, 0.6) is 5.75 Å². The van der Waals surface area contributed by atoms with Crippen LogP contribution in [0, 0.1) is 0 Å². The number of hydrogen-bond donors (Lipinski definition) is 1. The van der Waals surface area contributed by atoms with Gasteiger partial charge in [0.25, 0.3) is 0 Å². The number of alkyl halides is 3. The molecule has 0 spiro atoms. The molecule has 0 saturated carbocycles. The summed E-state index contributed by atoms with van der Waals surface area (Å²) < 4.78 is 48.3. The second-order valence-electron chi connectivity index (χ2n) is 3.40. The summed E-state index contributed by atoms with van der Waals surface area (Å²) in [5, 5.41) is 0. The Morgan fingerprint density at radius 2 is 2.00 bits per heavy atom. The van der Waals surface area contributed by atoms with Gasteiger partial charge in [0.15, 0.2) is 0 Å². The fraction of sp³-hybridized carbons (Fsp3) is 0.200. The monoisotopic (exact) mass is 275 g/mol. The van der Waals surface area contributed by atoms with Gasteiger partial charge in [-0.1, -0.05) is 18.2 Å². The molecule has 8 heteroatoms. The van der Waals surface area contributed by atoms with Gasteiger partial charge in [0.05, 0.1) is 29.7 Å². The lowest BCUT2D eigenvalue weighted by Gasteiger charge is -2.16. The number of benzene rings is 1. The number of para-hydroxylation sites is 1. The minimum atomic E-state index is -4.75. The number of nitrogens with two attached hydrogens (primary N) is 1. The van der Waals surface area contributed by atoms with Gasteiger partial charge in [-0.15, -0.1) is 13.2 Å². The molecule has 1 aromatic heterocycles. The topological polar surface area (TPSA) is 61.0 Å². The summed E-state index contributed by atoms with van der Waals surface area (Å²) in [6, 6.07) is 4.89. The molecule has 18 heavy (non-hydrogen) atoms. The second-order valence-corrected chi connectivity index (χ2v) is 3.95. The van der Waals surface area contributed by atoms with Crippen molar-refractivity contribution in [1.82, 2.24) is 8.75 Å². The van der Waals surface area contributed by atoms with Crippen molar-refractivity contribution < 1.29 is 17.9 Å². The Morgan fingerprint density at radius 3 is 2.61 bits per heavy atom. The van der Waals surface area contributed by atoms with Crippen LogP contribution >= 0.6 is 11.7 Å². The first kappa shape index (κ1) is 12.8. The highest BCUT2D eigenvalue weighted by Crippen LogP contribution is 2.31. The quantitative estimate of drug-likeness (QED) is 0.934. The number of halogens is 3. The highest BCUT2D eigenvalue weighted by molar-refractivity contribution is 6.99. The average molecular weight is 275 g/mol. The van der Waals surface area contributed by atoms with Gasteiger partial charge < -0.3 is 10.5 Å². The minimum absolute atomic E-state index is 0.211. The standard InChI is InChI=1S/C10H8F3N3OS/c11-10(12,13)17-8-4-2-1-3-6(8)9(14)7-5-15-18-16-7/h1-5,9H,14H2. The molecule has 0 bridgehead atoms. The molecule has 1 atom stereocenters. The van der Waals surface area contributed by atoms with Gasteiger partial charge in [0, 0.05) is 5.56 Å². The Bertz CT molecular complexity index is 515. The smallest absolute Gasteiger partial charge is 0.405 e. The van der Waals surface area contributed by atoms with E-state index >= 15 is 0 Å². The molecule has 0 fully saturated rings. The van der Waals surface area contributed by atoms with Crippen molar-refractivity contribution in [2.45, 2.75) is 12.4 Å². The zero-order valence-corrected chi connectivity index (χ0v) is 9.70. The lowest BCUT2D eigenvalue weighted by Crippen LogP contribution is -2.20. The van der Waals surface area contributed by atoms with Crippen LogP contribution in [0.3, 0.4) is 0 Å². The molecular weight excluding hydrogens is 267 g/mol. The third-order valence-corrected chi connectivity index (χ3v) is 2.67. The number of hydrogen-bond acceptors (Lipinski definition) is 5. The van der Waals surface area contributed by atoms with E-state index in [1.54, 1.807) is 6.07 Å². The van der Waals surface area contributed by atoms with E-state index in [2.05, 4.69) is 13.5 Å². The van der Waals surface area contributed by atoms with E-state index in [1.165, 1.54) is 24.4 Å². The molecule has 2 rings (SSSR count). The first-order valence-corrected chi connectivity index (χ1v) is 5.58. The third-order valence-electron chi connectivity index (χ3n) is 2.18. The van der Waals surface area contributed by atoms with E-state index < -0.39 is 12.4 Å². The first-order chi connectivity index (χ1) is 8.47. The zero-order chi connectivity index (χ0) is 13.2. The number of ether oxygens (including phenoxy) is 1. The van der Waals surface area contributed by atoms with Gasteiger partial charge in [-0.25, -0.2) is 0 Å². The summed E-state index contributed by atoms with van der Waals surface area (Å²) in [5.74, 6) is -0.328. The molecule has 96 valence electrons. The van der Waals surface area contributed by atoms with Crippen LogP contribution in [0.15, 0.2) is 30.5 Å². The van der Waals surface area contributed by atoms with E-state index in [9.17, 15) is 13.2 Å². The van der Waals surface area contributed by atoms with Gasteiger partial charge >= 0.3 is 6.36 Å². The minimum Gasteiger partial charge on any atom is -0.405 e. The Kier molecular flexibility index (Phi) is 3.48. The van der Waals surface area contributed by atoms with Crippen LogP contribution in [-0.4, -0.2) is 15.1 Å². The zero-order valence-electron chi connectivity index (χ0n) is 8.89. The Balaban J connectivity index is 2.33. The van der Waals surface area contributed by atoms with Crippen LogP contribution < -0.4 is 10.5 Å². The average Bonchev–Trinajstić information content (AvgIpc) is 2.80. The Labute approximate surface area is 105 Å². The second kappa shape index (κ2) is 4.91. The van der Waals surface area contributed by atoms with E-state index in [0.717, 1.165) is 11.7 Å². The number of aromatic nitrogens is 2. The van der Waals surface area contributed by atoms with Crippen molar-refractivity contribution >= 4 is 11.7 Å². The van der Waals surface area contributed by atoms with Crippen molar-refractivity contribution in [3.63, 3.8) is 0 Å². The SMILES string of the molecule is NC(c1cnsn1)c1ccccc1OC(F)(F)F. The van der Waals surface area contributed by atoms with Crippen molar-refractivity contribution in [3.8, 4) is 5.75 Å². The van der Waals surface area contributed by atoms with Gasteiger partial charge in [-0.2, -0.15) is 8.75 Å². The van der Waals surface area contributed by atoms with E-state index in [4.69, 9.17) is 5.73 Å². The summed E-state index contributed by atoms with van der Waals surface area (Å²) in [6.45, 7) is 0. The molecule has 2 aromatic rings. The molecule has 4 nitrogen and oxygen atoms in total. The molecule has 0 aliphatic carbocycles. The van der Waals surface area contributed by atoms with Crippen molar-refractivity contribution in [1.29, 1.82) is 0 Å². The van der Waals surface area contributed by atoms with Gasteiger partial charge in [-0.05, 0) is 6.07 Å². The molecular formula is C10H8F3N3OS. The maximum atomic E-state index is 12.2. The number of rotatable bonds is 3. The van der Waals surface area contributed by atoms with Crippen molar-refractivity contribution in [2.75, 3.05) is 0 Å². The normalized spacial score (nSPS) is 13.3. The fourth-order valence-corrected chi connectivity index (χ4v) is 1.88. The third kappa shape index (κ3) is 2.96. The van der Waals surface area contributed by atoms with Gasteiger partial charge in [0.2, 0.25) is 0 Å². The van der Waals surface area contributed by atoms with Crippen LogP contribution in [0.25, 0.3) is 0 Å². The van der Waals surface area contributed by atoms with Crippen LogP contribution in [0.1, 0.15) is 17.3 Å².